The summed E-state index contributed by atoms with van der Waals surface area (Å²) in [6.45, 7) is 8.66. The molecule has 0 saturated carbocycles. The van der Waals surface area contributed by atoms with Crippen molar-refractivity contribution >= 4 is 11.9 Å². The van der Waals surface area contributed by atoms with Crippen molar-refractivity contribution in [1.29, 1.82) is 0 Å². The number of rotatable bonds is 3. The van der Waals surface area contributed by atoms with Crippen LogP contribution in [0.4, 0.5) is 4.79 Å². The molecule has 0 atom stereocenters. The summed E-state index contributed by atoms with van der Waals surface area (Å²) in [5.41, 5.74) is 1.72. The third-order valence-electron chi connectivity index (χ3n) is 5.01. The van der Waals surface area contributed by atoms with Crippen molar-refractivity contribution in [2.24, 2.45) is 0 Å². The number of carbonyl (C=O) groups is 2. The summed E-state index contributed by atoms with van der Waals surface area (Å²) in [5, 5.41) is 4.47. The zero-order chi connectivity index (χ0) is 17.1. The van der Waals surface area contributed by atoms with E-state index < -0.39 is 0 Å². The van der Waals surface area contributed by atoms with Crippen LogP contribution in [0.2, 0.25) is 0 Å². The summed E-state index contributed by atoms with van der Waals surface area (Å²) in [6.07, 6.45) is 3.31. The van der Waals surface area contributed by atoms with Crippen LogP contribution in [0.5, 0.6) is 0 Å². The van der Waals surface area contributed by atoms with Gasteiger partial charge in [0.25, 0.3) is 5.91 Å². The number of carbonyl (C=O) groups excluding carboxylic acids is 2. The van der Waals surface area contributed by atoms with Crippen molar-refractivity contribution in [3.63, 3.8) is 0 Å². The monoisotopic (exact) mass is 333 g/mol. The van der Waals surface area contributed by atoms with E-state index in [-0.39, 0.29) is 11.9 Å². The van der Waals surface area contributed by atoms with E-state index in [9.17, 15) is 9.59 Å². The molecule has 0 aromatic carbocycles. The molecule has 0 bridgehead atoms. The van der Waals surface area contributed by atoms with Gasteiger partial charge in [-0.3, -0.25) is 9.48 Å². The third kappa shape index (κ3) is 3.25. The maximum absolute atomic E-state index is 12.7. The van der Waals surface area contributed by atoms with Gasteiger partial charge in [-0.2, -0.15) is 5.10 Å². The maximum Gasteiger partial charge on any atom is 0.320 e. The lowest BCUT2D eigenvalue weighted by molar-refractivity contribution is 0.0635. The van der Waals surface area contributed by atoms with Crippen LogP contribution in [-0.4, -0.2) is 75.7 Å². The first-order chi connectivity index (χ1) is 11.6. The summed E-state index contributed by atoms with van der Waals surface area (Å²) < 4.78 is 1.97. The summed E-state index contributed by atoms with van der Waals surface area (Å²) in [7, 11) is 0. The van der Waals surface area contributed by atoms with Crippen molar-refractivity contribution in [2.45, 2.75) is 39.7 Å². The van der Waals surface area contributed by atoms with Gasteiger partial charge in [0.15, 0.2) is 5.69 Å². The minimum Gasteiger partial charge on any atom is -0.334 e. The molecule has 2 aliphatic rings. The van der Waals surface area contributed by atoms with Crippen LogP contribution in [0.3, 0.4) is 0 Å². The summed E-state index contributed by atoms with van der Waals surface area (Å²) in [6, 6.07) is 2.01. The predicted octanol–water partition coefficient (Wildman–Crippen LogP) is 1.44. The van der Waals surface area contributed by atoms with E-state index in [2.05, 4.69) is 5.10 Å². The molecule has 2 aliphatic heterocycles. The fourth-order valence-electron chi connectivity index (χ4n) is 3.48. The fourth-order valence-corrected chi connectivity index (χ4v) is 3.48. The van der Waals surface area contributed by atoms with E-state index in [1.807, 2.05) is 39.3 Å². The minimum atomic E-state index is -0.00756. The molecule has 3 heterocycles. The number of hydrogen-bond donors (Lipinski definition) is 0. The van der Waals surface area contributed by atoms with Crippen LogP contribution in [0, 0.1) is 0 Å². The van der Waals surface area contributed by atoms with Crippen molar-refractivity contribution in [2.75, 3.05) is 39.3 Å². The van der Waals surface area contributed by atoms with Gasteiger partial charge in [0.2, 0.25) is 0 Å². The highest BCUT2D eigenvalue weighted by atomic mass is 16.2. The molecular formula is C17H27N5O2. The van der Waals surface area contributed by atoms with E-state index >= 15 is 0 Å². The van der Waals surface area contributed by atoms with Gasteiger partial charge in [-0.1, -0.05) is 0 Å². The Morgan fingerprint density at radius 3 is 2.33 bits per heavy atom. The van der Waals surface area contributed by atoms with Gasteiger partial charge >= 0.3 is 6.03 Å². The van der Waals surface area contributed by atoms with Crippen molar-refractivity contribution in [3.8, 4) is 0 Å². The Morgan fingerprint density at radius 1 is 1.04 bits per heavy atom. The Morgan fingerprint density at radius 2 is 1.71 bits per heavy atom. The highest BCUT2D eigenvalue weighted by Gasteiger charge is 2.28. The second-order valence-electron chi connectivity index (χ2n) is 6.44. The number of aryl methyl sites for hydroxylation is 2. The topological polar surface area (TPSA) is 61.7 Å². The second kappa shape index (κ2) is 7.23. The van der Waals surface area contributed by atoms with Gasteiger partial charge in [-0.25, -0.2) is 4.79 Å². The van der Waals surface area contributed by atoms with Gasteiger partial charge in [-0.05, 0) is 39.2 Å². The van der Waals surface area contributed by atoms with Crippen LogP contribution >= 0.6 is 0 Å². The summed E-state index contributed by atoms with van der Waals surface area (Å²) >= 11 is 0. The number of amides is 3. The van der Waals surface area contributed by atoms with Crippen LogP contribution in [0.15, 0.2) is 6.07 Å². The maximum atomic E-state index is 12.7. The molecule has 7 nitrogen and oxygen atoms in total. The van der Waals surface area contributed by atoms with E-state index in [4.69, 9.17) is 0 Å². The van der Waals surface area contributed by atoms with Crippen LogP contribution < -0.4 is 0 Å². The van der Waals surface area contributed by atoms with Crippen molar-refractivity contribution < 1.29 is 9.59 Å². The highest BCUT2D eigenvalue weighted by Crippen LogP contribution is 2.17. The molecule has 1 aromatic rings. The Kier molecular flexibility index (Phi) is 5.06. The number of nitrogens with zero attached hydrogens (tertiary/aromatic N) is 5. The first-order valence-corrected chi connectivity index (χ1v) is 9.03. The van der Waals surface area contributed by atoms with E-state index in [1.165, 1.54) is 12.1 Å². The largest absolute Gasteiger partial charge is 0.334 e. The van der Waals surface area contributed by atoms with Crippen LogP contribution in [0.25, 0.3) is 0 Å². The normalized spacial score (nSPS) is 17.6. The number of piperazine rings is 1. The minimum absolute atomic E-state index is 0.00756. The molecule has 1 fully saturated rings. The van der Waals surface area contributed by atoms with Crippen LogP contribution in [0.1, 0.15) is 42.9 Å². The molecule has 0 N–H and O–H groups in total. The standard InChI is InChI=1S/C17H27N5O2/c1-3-19(4-2)17(24)21-11-9-20(10-12-21)16(23)15-13-14-7-5-6-8-22(14)18-15/h13H,3-12H2,1-2H3. The van der Waals surface area contributed by atoms with Gasteiger partial charge in [-0.15, -0.1) is 0 Å². The van der Waals surface area contributed by atoms with E-state index in [1.54, 1.807) is 0 Å². The van der Waals surface area contributed by atoms with E-state index in [0.29, 0.717) is 45.0 Å². The number of fused-ring (bicyclic) bond motifs is 1. The summed E-state index contributed by atoms with van der Waals surface area (Å²) in [5.74, 6) is -0.00756. The van der Waals surface area contributed by atoms with Crippen molar-refractivity contribution in [3.05, 3.63) is 17.5 Å². The van der Waals surface area contributed by atoms with Gasteiger partial charge in [0.1, 0.15) is 0 Å². The number of hydrogen-bond acceptors (Lipinski definition) is 3. The average molecular weight is 333 g/mol. The first-order valence-electron chi connectivity index (χ1n) is 9.03. The van der Waals surface area contributed by atoms with Crippen LogP contribution in [-0.2, 0) is 13.0 Å². The summed E-state index contributed by atoms with van der Waals surface area (Å²) in [4.78, 5) is 30.5. The molecule has 1 aromatic heterocycles. The molecule has 0 aliphatic carbocycles. The Balaban J connectivity index is 1.59. The molecule has 0 spiro atoms. The average Bonchev–Trinajstić information content (AvgIpc) is 3.06. The second-order valence-corrected chi connectivity index (χ2v) is 6.44. The Hall–Kier alpha value is -2.05. The van der Waals surface area contributed by atoms with Gasteiger partial charge in [0.05, 0.1) is 0 Å². The van der Waals surface area contributed by atoms with Crippen molar-refractivity contribution in [1.82, 2.24) is 24.5 Å². The molecule has 0 unspecified atom stereocenters. The zero-order valence-corrected chi connectivity index (χ0v) is 14.7. The molecule has 7 heteroatoms. The van der Waals surface area contributed by atoms with Gasteiger partial charge < -0.3 is 14.7 Å². The number of aromatic nitrogens is 2. The molecular weight excluding hydrogens is 306 g/mol. The van der Waals surface area contributed by atoms with E-state index in [0.717, 1.165) is 19.4 Å². The molecule has 132 valence electrons. The lowest BCUT2D eigenvalue weighted by Crippen LogP contribution is -2.54. The lowest BCUT2D eigenvalue weighted by Gasteiger charge is -2.36. The Labute approximate surface area is 143 Å². The third-order valence-corrected chi connectivity index (χ3v) is 5.01. The molecule has 0 radical (unpaired) electrons. The molecule has 3 amide bonds. The van der Waals surface area contributed by atoms with Gasteiger partial charge in [0, 0.05) is 51.5 Å². The first kappa shape index (κ1) is 16.8. The lowest BCUT2D eigenvalue weighted by atomic mass is 10.1. The molecule has 1 saturated heterocycles. The molecule has 3 rings (SSSR count). The SMILES string of the molecule is CCN(CC)C(=O)N1CCN(C(=O)c2cc3n(n2)CCCC3)CC1. The Bertz CT molecular complexity index is 577. The number of urea groups is 1. The zero-order valence-electron chi connectivity index (χ0n) is 14.7. The predicted molar refractivity (Wildman–Crippen MR) is 91.0 cm³/mol. The highest BCUT2D eigenvalue weighted by molar-refractivity contribution is 5.92. The fraction of sp³-hybridized carbons (Fsp3) is 0.706. The molecule has 24 heavy (non-hydrogen) atoms. The quantitative estimate of drug-likeness (QED) is 0.841. The smallest absolute Gasteiger partial charge is 0.320 e.